The number of carbonyl (C=O) groups is 1. The van der Waals surface area contributed by atoms with Crippen molar-refractivity contribution in [3.63, 3.8) is 0 Å². The first-order valence-electron chi connectivity index (χ1n) is 8.47. The van der Waals surface area contributed by atoms with Gasteiger partial charge in [-0.05, 0) is 37.6 Å². The predicted octanol–water partition coefficient (Wildman–Crippen LogP) is 3.27. The van der Waals surface area contributed by atoms with Crippen molar-refractivity contribution >= 4 is 33.2 Å². The molecule has 2 rings (SSSR count). The molecule has 2 aromatic rings. The Morgan fingerprint density at radius 2 is 1.70 bits per heavy atom. The average Bonchev–Trinajstić information content (AvgIpc) is 2.63. The molecule has 0 spiro atoms. The van der Waals surface area contributed by atoms with Gasteiger partial charge >= 0.3 is 0 Å². The van der Waals surface area contributed by atoms with E-state index < -0.39 is 16.1 Å². The summed E-state index contributed by atoms with van der Waals surface area (Å²) in [6.07, 6.45) is 0. The average molecular weight is 410 g/mol. The highest BCUT2D eigenvalue weighted by Crippen LogP contribution is 2.27. The van der Waals surface area contributed by atoms with Gasteiger partial charge < -0.3 is 5.32 Å². The number of carbonyl (C=O) groups excluding carboxylic acids is 1. The Morgan fingerprint density at radius 3 is 2.30 bits per heavy atom. The third kappa shape index (κ3) is 5.29. The molecule has 0 radical (unpaired) electrons. The summed E-state index contributed by atoms with van der Waals surface area (Å²) in [5.74, 6) is -0.270. The fourth-order valence-corrected chi connectivity index (χ4v) is 3.91. The largest absolute Gasteiger partial charge is 0.325 e. The van der Waals surface area contributed by atoms with Crippen molar-refractivity contribution in [3.8, 4) is 0 Å². The Kier molecular flexibility index (Phi) is 7.00. The summed E-state index contributed by atoms with van der Waals surface area (Å²) in [5, 5.41) is 6.06. The summed E-state index contributed by atoms with van der Waals surface area (Å²) in [7, 11) is -0.858. The highest BCUT2D eigenvalue weighted by Gasteiger charge is 2.22. The number of hydrogen-bond donors (Lipinski definition) is 2. The molecule has 0 fully saturated rings. The molecule has 1 amide bonds. The second kappa shape index (κ2) is 8.84. The minimum Gasteiger partial charge on any atom is -0.325 e. The second-order valence-corrected chi connectivity index (χ2v) is 8.97. The van der Waals surface area contributed by atoms with Crippen molar-refractivity contribution in [1.29, 1.82) is 0 Å². The molecule has 8 heteroatoms. The Balaban J connectivity index is 2.11. The van der Waals surface area contributed by atoms with E-state index in [0.717, 1.165) is 9.87 Å². The first-order valence-corrected chi connectivity index (χ1v) is 10.3. The fraction of sp³-hybridized carbons (Fsp3) is 0.316. The topological polar surface area (TPSA) is 78.5 Å². The normalized spacial score (nSPS) is 14.0. The number of halogens is 1. The molecule has 0 unspecified atom stereocenters. The van der Waals surface area contributed by atoms with Crippen LogP contribution in [0.4, 0.5) is 5.69 Å². The van der Waals surface area contributed by atoms with E-state index in [1.165, 1.54) is 26.2 Å². The van der Waals surface area contributed by atoms with Gasteiger partial charge in [0.1, 0.15) is 4.90 Å². The number of benzene rings is 2. The number of hydrogen-bond acceptors (Lipinski definition) is 4. The number of amides is 1. The zero-order chi connectivity index (χ0) is 20.2. The van der Waals surface area contributed by atoms with Crippen LogP contribution in [0.5, 0.6) is 0 Å². The lowest BCUT2D eigenvalue weighted by Crippen LogP contribution is -2.39. The first kappa shape index (κ1) is 21.4. The molecule has 146 valence electrons. The van der Waals surface area contributed by atoms with Crippen LogP contribution in [0.2, 0.25) is 5.02 Å². The lowest BCUT2D eigenvalue weighted by Gasteiger charge is -2.20. The van der Waals surface area contributed by atoms with Crippen LogP contribution >= 0.6 is 11.6 Å². The van der Waals surface area contributed by atoms with Crippen LogP contribution in [0.15, 0.2) is 53.4 Å². The third-order valence-electron chi connectivity index (χ3n) is 4.15. The van der Waals surface area contributed by atoms with Crippen molar-refractivity contribution in [2.75, 3.05) is 19.4 Å². The Hall–Kier alpha value is -1.93. The number of rotatable bonds is 7. The van der Waals surface area contributed by atoms with E-state index >= 15 is 0 Å². The maximum atomic E-state index is 12.5. The standard InChI is InChI=1S/C19H24ClN3O3S/c1-13(15-8-6-5-7-9-15)21-14(2)19(24)22-16-10-11-17(20)18(12-16)27(25,26)23(3)4/h5-14,21H,1-4H3,(H,22,24)/t13-,14-/m1/s1. The van der Waals surface area contributed by atoms with Crippen molar-refractivity contribution in [2.24, 2.45) is 0 Å². The smallest absolute Gasteiger partial charge is 0.244 e. The molecular formula is C19H24ClN3O3S. The Bertz CT molecular complexity index is 902. The number of nitrogens with zero attached hydrogens (tertiary/aromatic N) is 1. The van der Waals surface area contributed by atoms with Gasteiger partial charge in [-0.15, -0.1) is 0 Å². The lowest BCUT2D eigenvalue weighted by molar-refractivity contribution is -0.117. The van der Waals surface area contributed by atoms with E-state index in [0.29, 0.717) is 5.69 Å². The number of sulfonamides is 1. The van der Waals surface area contributed by atoms with Crippen LogP contribution in [0.25, 0.3) is 0 Å². The highest BCUT2D eigenvalue weighted by atomic mass is 35.5. The molecule has 0 aliphatic rings. The molecule has 2 atom stereocenters. The van der Waals surface area contributed by atoms with Crippen LogP contribution in [-0.4, -0.2) is 38.8 Å². The monoisotopic (exact) mass is 409 g/mol. The molecule has 2 N–H and O–H groups in total. The van der Waals surface area contributed by atoms with Crippen LogP contribution in [-0.2, 0) is 14.8 Å². The Labute approximate surface area is 165 Å². The van der Waals surface area contributed by atoms with E-state index in [2.05, 4.69) is 10.6 Å². The van der Waals surface area contributed by atoms with Crippen LogP contribution in [0, 0.1) is 0 Å². The van der Waals surface area contributed by atoms with Gasteiger partial charge in [-0.3, -0.25) is 10.1 Å². The fourth-order valence-electron chi connectivity index (χ4n) is 2.51. The van der Waals surface area contributed by atoms with E-state index in [1.807, 2.05) is 37.3 Å². The minimum atomic E-state index is -3.71. The molecule has 0 bridgehead atoms. The number of anilines is 1. The van der Waals surface area contributed by atoms with Gasteiger partial charge in [0.25, 0.3) is 0 Å². The molecule has 0 aliphatic carbocycles. The first-order chi connectivity index (χ1) is 12.6. The van der Waals surface area contributed by atoms with Gasteiger partial charge in [0.05, 0.1) is 11.1 Å². The van der Waals surface area contributed by atoms with Gasteiger partial charge in [-0.25, -0.2) is 12.7 Å². The molecule has 27 heavy (non-hydrogen) atoms. The van der Waals surface area contributed by atoms with Gasteiger partial charge in [0.2, 0.25) is 15.9 Å². The summed E-state index contributed by atoms with van der Waals surface area (Å²) in [5.41, 5.74) is 1.44. The zero-order valence-electron chi connectivity index (χ0n) is 15.7. The summed E-state index contributed by atoms with van der Waals surface area (Å²) in [6, 6.07) is 13.7. The second-order valence-electron chi connectivity index (χ2n) is 6.44. The predicted molar refractivity (Wildman–Crippen MR) is 108 cm³/mol. The van der Waals surface area contributed by atoms with Crippen molar-refractivity contribution in [2.45, 2.75) is 30.8 Å². The van der Waals surface area contributed by atoms with Gasteiger partial charge in [-0.2, -0.15) is 0 Å². The van der Waals surface area contributed by atoms with Crippen LogP contribution < -0.4 is 10.6 Å². The molecule has 0 heterocycles. The molecule has 0 saturated carbocycles. The molecular weight excluding hydrogens is 386 g/mol. The zero-order valence-corrected chi connectivity index (χ0v) is 17.3. The maximum Gasteiger partial charge on any atom is 0.244 e. The Morgan fingerprint density at radius 1 is 1.07 bits per heavy atom. The molecule has 0 saturated heterocycles. The summed E-state index contributed by atoms with van der Waals surface area (Å²) >= 11 is 6.03. The quantitative estimate of drug-likeness (QED) is 0.735. The van der Waals surface area contributed by atoms with E-state index in [1.54, 1.807) is 13.0 Å². The number of nitrogens with one attached hydrogen (secondary N) is 2. The van der Waals surface area contributed by atoms with E-state index in [4.69, 9.17) is 11.6 Å². The molecule has 6 nitrogen and oxygen atoms in total. The summed E-state index contributed by atoms with van der Waals surface area (Å²) < 4.78 is 25.8. The van der Waals surface area contributed by atoms with Crippen molar-refractivity contribution in [1.82, 2.24) is 9.62 Å². The van der Waals surface area contributed by atoms with Gasteiger partial charge in [0, 0.05) is 25.8 Å². The lowest BCUT2D eigenvalue weighted by atomic mass is 10.1. The summed E-state index contributed by atoms with van der Waals surface area (Å²) in [6.45, 7) is 3.73. The van der Waals surface area contributed by atoms with Crippen LogP contribution in [0.3, 0.4) is 0 Å². The molecule has 0 aliphatic heterocycles. The SMILES string of the molecule is C[C@@H](N[C@H](C)c1ccccc1)C(=O)Nc1ccc(Cl)c(S(=O)(=O)N(C)C)c1. The van der Waals surface area contributed by atoms with E-state index in [9.17, 15) is 13.2 Å². The van der Waals surface area contributed by atoms with Crippen LogP contribution in [0.1, 0.15) is 25.5 Å². The van der Waals surface area contributed by atoms with Crippen molar-refractivity contribution in [3.05, 3.63) is 59.1 Å². The van der Waals surface area contributed by atoms with Crippen molar-refractivity contribution < 1.29 is 13.2 Å². The van der Waals surface area contributed by atoms with Gasteiger partial charge in [-0.1, -0.05) is 41.9 Å². The maximum absolute atomic E-state index is 12.5. The molecule has 0 aromatic heterocycles. The van der Waals surface area contributed by atoms with Gasteiger partial charge in [0.15, 0.2) is 0 Å². The van der Waals surface area contributed by atoms with E-state index in [-0.39, 0.29) is 21.9 Å². The molecule has 2 aromatic carbocycles. The summed E-state index contributed by atoms with van der Waals surface area (Å²) in [4.78, 5) is 12.4. The highest BCUT2D eigenvalue weighted by molar-refractivity contribution is 7.89. The minimum absolute atomic E-state index is 0.0122. The third-order valence-corrected chi connectivity index (χ3v) is 6.45.